The van der Waals surface area contributed by atoms with E-state index < -0.39 is 0 Å². The fourth-order valence-electron chi connectivity index (χ4n) is 2.20. The average Bonchev–Trinajstić information content (AvgIpc) is 2.17. The molecule has 1 saturated heterocycles. The van der Waals surface area contributed by atoms with Gasteiger partial charge in [0.1, 0.15) is 0 Å². The lowest BCUT2D eigenvalue weighted by molar-refractivity contribution is 0.505. The first-order valence-electron chi connectivity index (χ1n) is 5.43. The van der Waals surface area contributed by atoms with Crippen molar-refractivity contribution in [1.82, 2.24) is 0 Å². The van der Waals surface area contributed by atoms with Crippen LogP contribution in [0.4, 0.5) is 5.69 Å². The molecule has 0 saturated carbocycles. The van der Waals surface area contributed by atoms with Crippen LogP contribution >= 0.6 is 15.9 Å². The minimum absolute atomic E-state index is 0.335. The van der Waals surface area contributed by atoms with E-state index in [4.69, 9.17) is 5.73 Å². The molecule has 0 spiro atoms. The summed E-state index contributed by atoms with van der Waals surface area (Å²) in [6.45, 7) is 4.28. The van der Waals surface area contributed by atoms with Gasteiger partial charge in [-0.25, -0.2) is 0 Å². The van der Waals surface area contributed by atoms with Crippen LogP contribution < -0.4 is 10.6 Å². The maximum Gasteiger partial charge on any atom is 0.0397 e. The molecule has 0 aromatic heterocycles. The molecule has 0 amide bonds. The second-order valence-electron chi connectivity index (χ2n) is 4.28. The summed E-state index contributed by atoms with van der Waals surface area (Å²) in [5.74, 6) is 0. The van der Waals surface area contributed by atoms with Gasteiger partial charge in [-0.05, 0) is 43.5 Å². The Kier molecular flexibility index (Phi) is 3.32. The Labute approximate surface area is 99.6 Å². The van der Waals surface area contributed by atoms with Crippen molar-refractivity contribution in [2.45, 2.75) is 25.8 Å². The van der Waals surface area contributed by atoms with Gasteiger partial charge in [0.25, 0.3) is 0 Å². The van der Waals surface area contributed by atoms with E-state index in [2.05, 4.69) is 46.0 Å². The minimum Gasteiger partial charge on any atom is -0.370 e. The highest BCUT2D eigenvalue weighted by Crippen LogP contribution is 2.26. The number of aryl methyl sites for hydroxylation is 1. The average molecular weight is 269 g/mol. The van der Waals surface area contributed by atoms with E-state index in [1.165, 1.54) is 17.7 Å². The molecule has 0 bridgehead atoms. The fraction of sp³-hybridized carbons (Fsp3) is 0.500. The number of rotatable bonds is 1. The first kappa shape index (κ1) is 11.0. The molecule has 15 heavy (non-hydrogen) atoms. The SMILES string of the molecule is Cc1cc(Br)ccc1N1CCCC(N)C1. The molecule has 1 aliphatic rings. The standard InChI is InChI=1S/C12H17BrN2/c1-9-7-10(13)4-5-12(9)15-6-2-3-11(14)8-15/h4-5,7,11H,2-3,6,8,14H2,1H3. The molecule has 82 valence electrons. The van der Waals surface area contributed by atoms with Crippen LogP contribution in [0.15, 0.2) is 22.7 Å². The molecule has 2 nitrogen and oxygen atoms in total. The van der Waals surface area contributed by atoms with Crippen molar-refractivity contribution in [3.05, 3.63) is 28.2 Å². The molecular formula is C12H17BrN2. The molecule has 1 aromatic rings. The molecule has 0 aliphatic carbocycles. The molecule has 3 heteroatoms. The zero-order chi connectivity index (χ0) is 10.8. The van der Waals surface area contributed by atoms with Crippen LogP contribution in [0.2, 0.25) is 0 Å². The van der Waals surface area contributed by atoms with E-state index in [-0.39, 0.29) is 0 Å². The van der Waals surface area contributed by atoms with Crippen LogP contribution in [0.5, 0.6) is 0 Å². The largest absolute Gasteiger partial charge is 0.370 e. The van der Waals surface area contributed by atoms with Crippen LogP contribution in [0, 0.1) is 6.92 Å². The van der Waals surface area contributed by atoms with Crippen LogP contribution in [0.25, 0.3) is 0 Å². The second kappa shape index (κ2) is 4.54. The van der Waals surface area contributed by atoms with Crippen molar-refractivity contribution >= 4 is 21.6 Å². The lowest BCUT2D eigenvalue weighted by atomic mass is 10.0. The Bertz CT molecular complexity index is 351. The van der Waals surface area contributed by atoms with Gasteiger partial charge in [0.05, 0.1) is 0 Å². The number of benzene rings is 1. The summed E-state index contributed by atoms with van der Waals surface area (Å²) in [6, 6.07) is 6.77. The maximum atomic E-state index is 5.99. The highest BCUT2D eigenvalue weighted by Gasteiger charge is 2.17. The molecule has 1 aromatic carbocycles. The third kappa shape index (κ3) is 2.52. The van der Waals surface area contributed by atoms with Gasteiger partial charge in [-0.15, -0.1) is 0 Å². The minimum atomic E-state index is 0.335. The molecule has 1 atom stereocenters. The predicted molar refractivity (Wildman–Crippen MR) is 68.3 cm³/mol. The van der Waals surface area contributed by atoms with Gasteiger partial charge in [0.2, 0.25) is 0 Å². The Morgan fingerprint density at radius 2 is 2.27 bits per heavy atom. The van der Waals surface area contributed by atoms with Crippen LogP contribution in [-0.4, -0.2) is 19.1 Å². The Morgan fingerprint density at radius 3 is 2.93 bits per heavy atom. The van der Waals surface area contributed by atoms with Crippen LogP contribution in [-0.2, 0) is 0 Å². The summed E-state index contributed by atoms with van der Waals surface area (Å²) < 4.78 is 1.14. The molecule has 1 unspecified atom stereocenters. The van der Waals surface area contributed by atoms with Gasteiger partial charge in [0, 0.05) is 29.3 Å². The third-order valence-corrected chi connectivity index (χ3v) is 3.45. The number of anilines is 1. The molecule has 1 fully saturated rings. The first-order chi connectivity index (χ1) is 7.16. The van der Waals surface area contributed by atoms with Crippen LogP contribution in [0.3, 0.4) is 0 Å². The number of piperidine rings is 1. The monoisotopic (exact) mass is 268 g/mol. The van der Waals surface area contributed by atoms with E-state index in [0.717, 1.165) is 24.0 Å². The molecule has 1 aliphatic heterocycles. The van der Waals surface area contributed by atoms with Gasteiger partial charge in [-0.1, -0.05) is 15.9 Å². The maximum absolute atomic E-state index is 5.99. The zero-order valence-corrected chi connectivity index (χ0v) is 10.6. The fourth-order valence-corrected chi connectivity index (χ4v) is 2.68. The van der Waals surface area contributed by atoms with Gasteiger partial charge >= 0.3 is 0 Å². The molecule has 2 rings (SSSR count). The summed E-state index contributed by atoms with van der Waals surface area (Å²) in [5.41, 5.74) is 8.64. The summed E-state index contributed by atoms with van der Waals surface area (Å²) in [7, 11) is 0. The van der Waals surface area contributed by atoms with Crippen molar-refractivity contribution in [3.8, 4) is 0 Å². The number of halogens is 1. The van der Waals surface area contributed by atoms with Crippen molar-refractivity contribution in [2.24, 2.45) is 5.73 Å². The zero-order valence-electron chi connectivity index (χ0n) is 9.04. The highest BCUT2D eigenvalue weighted by atomic mass is 79.9. The number of hydrogen-bond acceptors (Lipinski definition) is 2. The van der Waals surface area contributed by atoms with Gasteiger partial charge in [-0.3, -0.25) is 0 Å². The predicted octanol–water partition coefficient (Wildman–Crippen LogP) is 2.69. The lowest BCUT2D eigenvalue weighted by Gasteiger charge is -2.33. The Hall–Kier alpha value is -0.540. The quantitative estimate of drug-likeness (QED) is 0.849. The van der Waals surface area contributed by atoms with Gasteiger partial charge in [0.15, 0.2) is 0 Å². The Morgan fingerprint density at radius 1 is 1.47 bits per heavy atom. The van der Waals surface area contributed by atoms with E-state index in [0.29, 0.717) is 6.04 Å². The van der Waals surface area contributed by atoms with Gasteiger partial charge < -0.3 is 10.6 Å². The van der Waals surface area contributed by atoms with Crippen molar-refractivity contribution in [2.75, 3.05) is 18.0 Å². The summed E-state index contributed by atoms with van der Waals surface area (Å²) in [5, 5.41) is 0. The van der Waals surface area contributed by atoms with E-state index in [1.807, 2.05) is 0 Å². The second-order valence-corrected chi connectivity index (χ2v) is 5.19. The highest BCUT2D eigenvalue weighted by molar-refractivity contribution is 9.10. The van der Waals surface area contributed by atoms with Crippen molar-refractivity contribution < 1.29 is 0 Å². The Balaban J connectivity index is 2.21. The summed E-state index contributed by atoms with van der Waals surface area (Å²) in [4.78, 5) is 2.40. The van der Waals surface area contributed by atoms with Crippen LogP contribution in [0.1, 0.15) is 18.4 Å². The lowest BCUT2D eigenvalue weighted by Crippen LogP contribution is -2.43. The van der Waals surface area contributed by atoms with E-state index in [1.54, 1.807) is 0 Å². The van der Waals surface area contributed by atoms with E-state index in [9.17, 15) is 0 Å². The molecule has 0 radical (unpaired) electrons. The number of hydrogen-bond donors (Lipinski definition) is 1. The van der Waals surface area contributed by atoms with Crippen molar-refractivity contribution in [3.63, 3.8) is 0 Å². The topological polar surface area (TPSA) is 29.3 Å². The molecule has 1 heterocycles. The first-order valence-corrected chi connectivity index (χ1v) is 6.23. The molecule has 2 N–H and O–H groups in total. The van der Waals surface area contributed by atoms with Crippen molar-refractivity contribution in [1.29, 1.82) is 0 Å². The normalized spacial score (nSPS) is 21.8. The van der Waals surface area contributed by atoms with E-state index >= 15 is 0 Å². The molecular weight excluding hydrogens is 252 g/mol. The van der Waals surface area contributed by atoms with Gasteiger partial charge in [-0.2, -0.15) is 0 Å². The third-order valence-electron chi connectivity index (χ3n) is 2.96. The summed E-state index contributed by atoms with van der Waals surface area (Å²) >= 11 is 3.49. The number of nitrogens with two attached hydrogens (primary N) is 1. The number of nitrogens with zero attached hydrogens (tertiary/aromatic N) is 1. The summed E-state index contributed by atoms with van der Waals surface area (Å²) in [6.07, 6.45) is 2.36. The smallest absolute Gasteiger partial charge is 0.0397 e.